The summed E-state index contributed by atoms with van der Waals surface area (Å²) in [5.41, 5.74) is 5.98. The summed E-state index contributed by atoms with van der Waals surface area (Å²) in [5, 5.41) is 11.4. The highest BCUT2D eigenvalue weighted by atomic mass is 16.5. The van der Waals surface area contributed by atoms with Crippen LogP contribution in [0.2, 0.25) is 0 Å². The number of likely N-dealkylation sites (N-methyl/N-ethyl adjacent to an activating group) is 1. The minimum Gasteiger partial charge on any atom is -0.379 e. The summed E-state index contributed by atoms with van der Waals surface area (Å²) >= 11 is 0. The van der Waals surface area contributed by atoms with Crippen molar-refractivity contribution in [3.8, 4) is 0 Å². The Labute approximate surface area is 294 Å². The van der Waals surface area contributed by atoms with Crippen LogP contribution in [-0.2, 0) is 33.4 Å². The van der Waals surface area contributed by atoms with Gasteiger partial charge in [0, 0.05) is 26.2 Å². The molecule has 1 aliphatic heterocycles. The van der Waals surface area contributed by atoms with Gasteiger partial charge >= 0.3 is 0 Å². The molecule has 2 aliphatic rings. The van der Waals surface area contributed by atoms with Crippen LogP contribution >= 0.6 is 0 Å². The van der Waals surface area contributed by atoms with Crippen molar-refractivity contribution in [1.29, 1.82) is 0 Å². The van der Waals surface area contributed by atoms with Gasteiger partial charge in [-0.3, -0.25) is 24.0 Å². The topological polar surface area (TPSA) is 181 Å². The SMILES string of the molecule is CCCCCC[C@H]1OC[C@@H](C)NC(=O)[C@H](COCC)NC(=O)[C@H](CN)NC(=O)[C@H](C2CCCCC2)NC(=O)[C@H](CC(C)C)N(C)C(=O)[C@@H]1C. The first kappa shape index (κ1) is 42.4. The van der Waals surface area contributed by atoms with E-state index in [2.05, 4.69) is 28.2 Å². The molecule has 0 aromatic carbocycles. The monoisotopic (exact) mass is 694 g/mol. The first-order valence-corrected chi connectivity index (χ1v) is 18.7. The number of carbonyl (C=O) groups excluding carboxylic acids is 5. The molecular weight excluding hydrogens is 628 g/mol. The maximum absolute atomic E-state index is 14.1. The number of rotatable bonds is 12. The molecule has 7 atom stereocenters. The van der Waals surface area contributed by atoms with Gasteiger partial charge in [0.25, 0.3) is 0 Å². The van der Waals surface area contributed by atoms with Crippen molar-refractivity contribution < 1.29 is 33.4 Å². The van der Waals surface area contributed by atoms with Gasteiger partial charge in [-0.05, 0) is 51.4 Å². The number of hydrogen-bond acceptors (Lipinski definition) is 8. The molecule has 0 radical (unpaired) electrons. The Morgan fingerprint density at radius 1 is 0.857 bits per heavy atom. The summed E-state index contributed by atoms with van der Waals surface area (Å²) in [6.07, 6.45) is 9.00. The molecule has 13 nitrogen and oxygen atoms in total. The molecule has 6 N–H and O–H groups in total. The van der Waals surface area contributed by atoms with E-state index in [9.17, 15) is 24.0 Å². The lowest BCUT2D eigenvalue weighted by molar-refractivity contribution is -0.147. The van der Waals surface area contributed by atoms with E-state index in [4.69, 9.17) is 15.2 Å². The minimum atomic E-state index is -1.15. The van der Waals surface area contributed by atoms with Crippen LogP contribution in [0.4, 0.5) is 0 Å². The number of amides is 5. The van der Waals surface area contributed by atoms with Crippen LogP contribution in [0.5, 0.6) is 0 Å². The molecule has 13 heteroatoms. The van der Waals surface area contributed by atoms with Gasteiger partial charge in [0.1, 0.15) is 24.2 Å². The van der Waals surface area contributed by atoms with Crippen LogP contribution in [0, 0.1) is 17.8 Å². The van der Waals surface area contributed by atoms with Crippen molar-refractivity contribution in [1.82, 2.24) is 26.2 Å². The second kappa shape index (κ2) is 22.1. The molecular formula is C36H66N6O7. The number of nitrogens with zero attached hydrogens (tertiary/aromatic N) is 1. The van der Waals surface area contributed by atoms with Crippen molar-refractivity contribution in [2.24, 2.45) is 23.5 Å². The van der Waals surface area contributed by atoms with Gasteiger partial charge in [-0.2, -0.15) is 0 Å². The number of nitrogens with two attached hydrogens (primary N) is 1. The standard InChI is InChI=1S/C36H66N6O7/c1-8-10-11-15-18-30-25(6)36(47)42(7)29(19-23(3)4)34(45)41-31(26-16-13-12-14-17-26)35(46)39-27(20-37)32(43)40-28(22-48-9-2)33(44)38-24(5)21-49-30/h23-31H,8-22,37H2,1-7H3,(H,38,44)(H,39,46)(H,40,43)(H,41,45)/t24-,25-,27+,28+,29+,30-,31+/m1/s1. The largest absolute Gasteiger partial charge is 0.379 e. The third-order valence-corrected chi connectivity index (χ3v) is 9.74. The fraction of sp³-hybridized carbons (Fsp3) is 0.861. The molecule has 1 heterocycles. The molecule has 2 rings (SSSR count). The molecule has 5 amide bonds. The number of ether oxygens (including phenoxy) is 2. The van der Waals surface area contributed by atoms with Crippen molar-refractivity contribution in [2.45, 2.75) is 148 Å². The zero-order chi connectivity index (χ0) is 36.5. The molecule has 0 unspecified atom stereocenters. The van der Waals surface area contributed by atoms with E-state index in [-0.39, 0.29) is 37.5 Å². The van der Waals surface area contributed by atoms with Gasteiger partial charge in [-0.1, -0.05) is 72.6 Å². The quantitative estimate of drug-likeness (QED) is 0.193. The van der Waals surface area contributed by atoms with E-state index in [1.807, 2.05) is 20.8 Å². The second-order valence-corrected chi connectivity index (χ2v) is 14.4. The number of unbranched alkanes of at least 4 members (excludes halogenated alkanes) is 3. The summed E-state index contributed by atoms with van der Waals surface area (Å²) in [6, 6.07) is -4.39. The van der Waals surface area contributed by atoms with Crippen molar-refractivity contribution in [3.63, 3.8) is 0 Å². The summed E-state index contributed by atoms with van der Waals surface area (Å²) in [7, 11) is 1.65. The zero-order valence-electron chi connectivity index (χ0n) is 31.2. The lowest BCUT2D eigenvalue weighted by atomic mass is 9.83. The van der Waals surface area contributed by atoms with E-state index in [1.165, 1.54) is 4.90 Å². The predicted molar refractivity (Wildman–Crippen MR) is 189 cm³/mol. The molecule has 0 aromatic rings. The lowest BCUT2D eigenvalue weighted by Crippen LogP contribution is -2.62. The zero-order valence-corrected chi connectivity index (χ0v) is 31.2. The van der Waals surface area contributed by atoms with Crippen molar-refractivity contribution in [2.75, 3.05) is 33.4 Å². The maximum Gasteiger partial charge on any atom is 0.245 e. The smallest absolute Gasteiger partial charge is 0.245 e. The van der Waals surface area contributed by atoms with E-state index in [0.29, 0.717) is 19.4 Å². The summed E-state index contributed by atoms with van der Waals surface area (Å²) in [6.45, 7) is 11.7. The Kier molecular flexibility index (Phi) is 19.1. The summed E-state index contributed by atoms with van der Waals surface area (Å²) in [5.74, 6) is -2.86. The van der Waals surface area contributed by atoms with Gasteiger partial charge in [-0.15, -0.1) is 0 Å². The Morgan fingerprint density at radius 3 is 2.12 bits per heavy atom. The minimum absolute atomic E-state index is 0.0805. The molecule has 1 aliphatic carbocycles. The van der Waals surface area contributed by atoms with E-state index in [1.54, 1.807) is 20.9 Å². The summed E-state index contributed by atoms with van der Waals surface area (Å²) in [4.78, 5) is 70.5. The second-order valence-electron chi connectivity index (χ2n) is 14.4. The first-order valence-electron chi connectivity index (χ1n) is 18.7. The highest BCUT2D eigenvalue weighted by Gasteiger charge is 2.39. The van der Waals surface area contributed by atoms with Crippen LogP contribution in [0.1, 0.15) is 112 Å². The lowest BCUT2D eigenvalue weighted by Gasteiger charge is -2.36. The van der Waals surface area contributed by atoms with Gasteiger partial charge in [0.05, 0.1) is 25.2 Å². The molecule has 282 valence electrons. The van der Waals surface area contributed by atoms with Gasteiger partial charge in [0.2, 0.25) is 29.5 Å². The molecule has 1 saturated carbocycles. The van der Waals surface area contributed by atoms with Gasteiger partial charge in [-0.25, -0.2) is 0 Å². The van der Waals surface area contributed by atoms with E-state index >= 15 is 0 Å². The average Bonchev–Trinajstić information content (AvgIpc) is 3.08. The fourth-order valence-electron chi connectivity index (χ4n) is 6.72. The first-order chi connectivity index (χ1) is 23.3. The van der Waals surface area contributed by atoms with E-state index in [0.717, 1.165) is 57.8 Å². The third-order valence-electron chi connectivity index (χ3n) is 9.74. The molecule has 49 heavy (non-hydrogen) atoms. The average molecular weight is 695 g/mol. The van der Waals surface area contributed by atoms with Crippen LogP contribution in [-0.4, -0.2) is 104 Å². The van der Waals surface area contributed by atoms with E-state index < -0.39 is 65.9 Å². The van der Waals surface area contributed by atoms with Gasteiger partial charge in [0.15, 0.2) is 0 Å². The Bertz CT molecular complexity index is 1050. The van der Waals surface area contributed by atoms with Crippen LogP contribution in [0.25, 0.3) is 0 Å². The molecule has 0 aromatic heterocycles. The maximum atomic E-state index is 14.1. The fourth-order valence-corrected chi connectivity index (χ4v) is 6.72. The molecule has 0 spiro atoms. The van der Waals surface area contributed by atoms with Crippen molar-refractivity contribution >= 4 is 29.5 Å². The molecule has 0 bridgehead atoms. The third kappa shape index (κ3) is 13.8. The van der Waals surface area contributed by atoms with Crippen LogP contribution in [0.15, 0.2) is 0 Å². The molecule has 2 fully saturated rings. The molecule has 1 saturated heterocycles. The Morgan fingerprint density at radius 2 is 1.51 bits per heavy atom. The number of hydrogen-bond donors (Lipinski definition) is 5. The van der Waals surface area contributed by atoms with Crippen molar-refractivity contribution in [3.05, 3.63) is 0 Å². The van der Waals surface area contributed by atoms with Crippen LogP contribution in [0.3, 0.4) is 0 Å². The number of nitrogens with one attached hydrogen (secondary N) is 4. The highest BCUT2D eigenvalue weighted by Crippen LogP contribution is 2.28. The van der Waals surface area contributed by atoms with Gasteiger partial charge < -0.3 is 41.4 Å². The Balaban J connectivity index is 2.54. The highest BCUT2D eigenvalue weighted by molar-refractivity contribution is 5.96. The normalized spacial score (nSPS) is 29.4. The number of carbonyl (C=O) groups is 5. The predicted octanol–water partition coefficient (Wildman–Crippen LogP) is 2.40. The van der Waals surface area contributed by atoms with Crippen LogP contribution < -0.4 is 27.0 Å². The Hall–Kier alpha value is -2.77. The summed E-state index contributed by atoms with van der Waals surface area (Å²) < 4.78 is 11.9.